The van der Waals surface area contributed by atoms with Gasteiger partial charge in [0.25, 0.3) is 0 Å². The summed E-state index contributed by atoms with van der Waals surface area (Å²) in [4.78, 5) is 15.1. The van der Waals surface area contributed by atoms with Crippen molar-refractivity contribution in [2.45, 2.75) is 25.3 Å². The molecule has 0 bridgehead atoms. The highest BCUT2D eigenvalue weighted by Crippen LogP contribution is 2.35. The van der Waals surface area contributed by atoms with Crippen molar-refractivity contribution in [2.24, 2.45) is 0 Å². The lowest BCUT2D eigenvalue weighted by Crippen LogP contribution is -2.23. The molecule has 6 nitrogen and oxygen atoms in total. The summed E-state index contributed by atoms with van der Waals surface area (Å²) < 4.78 is 11.5. The molecule has 2 aromatic heterocycles. The lowest BCUT2D eigenvalue weighted by atomic mass is 10.1. The summed E-state index contributed by atoms with van der Waals surface area (Å²) in [5, 5.41) is 0. The Morgan fingerprint density at radius 3 is 3.00 bits per heavy atom. The number of anilines is 1. The van der Waals surface area contributed by atoms with Crippen molar-refractivity contribution in [3.8, 4) is 5.75 Å². The molecular formula is C19H20N4O2. The first-order valence-corrected chi connectivity index (χ1v) is 8.44. The molecule has 1 saturated heterocycles. The zero-order valence-corrected chi connectivity index (χ0v) is 14.1. The number of aromatic nitrogens is 3. The first kappa shape index (κ1) is 15.6. The highest BCUT2D eigenvalue weighted by Gasteiger charge is 2.30. The Kier molecular flexibility index (Phi) is 4.33. The summed E-state index contributed by atoms with van der Waals surface area (Å²) in [5.41, 5.74) is 1.09. The predicted molar refractivity (Wildman–Crippen MR) is 93.7 cm³/mol. The van der Waals surface area contributed by atoms with Crippen molar-refractivity contribution in [1.82, 2.24) is 15.0 Å². The molecule has 0 spiro atoms. The van der Waals surface area contributed by atoms with Crippen LogP contribution in [0.2, 0.25) is 0 Å². The molecule has 1 unspecified atom stereocenters. The monoisotopic (exact) mass is 336 g/mol. The van der Waals surface area contributed by atoms with Crippen LogP contribution in [-0.4, -0.2) is 28.6 Å². The number of nitrogens with zero attached hydrogens (tertiary/aromatic N) is 4. The molecule has 128 valence electrons. The second-order valence-electron chi connectivity index (χ2n) is 6.07. The maximum Gasteiger partial charge on any atom is 0.217 e. The Morgan fingerprint density at radius 1 is 1.24 bits per heavy atom. The van der Waals surface area contributed by atoms with Gasteiger partial charge in [0.15, 0.2) is 0 Å². The molecule has 0 saturated carbocycles. The molecule has 6 heteroatoms. The van der Waals surface area contributed by atoms with Gasteiger partial charge < -0.3 is 14.1 Å². The fourth-order valence-corrected chi connectivity index (χ4v) is 3.35. The van der Waals surface area contributed by atoms with Gasteiger partial charge in [0, 0.05) is 24.7 Å². The van der Waals surface area contributed by atoms with E-state index in [0.717, 1.165) is 48.2 Å². The number of benzene rings is 1. The molecule has 1 aliphatic rings. The normalized spacial score (nSPS) is 17.0. The minimum atomic E-state index is 0.126. The first-order valence-electron chi connectivity index (χ1n) is 8.44. The Hall–Kier alpha value is -2.89. The van der Waals surface area contributed by atoms with Gasteiger partial charge in [-0.05, 0) is 25.0 Å². The van der Waals surface area contributed by atoms with Crippen molar-refractivity contribution in [1.29, 1.82) is 0 Å². The highest BCUT2D eigenvalue weighted by molar-refractivity contribution is 5.40. The van der Waals surface area contributed by atoms with E-state index in [1.807, 2.05) is 36.5 Å². The van der Waals surface area contributed by atoms with Crippen LogP contribution in [0.15, 0.2) is 53.5 Å². The highest BCUT2D eigenvalue weighted by atomic mass is 16.5. The van der Waals surface area contributed by atoms with Crippen LogP contribution in [0.3, 0.4) is 0 Å². The Morgan fingerprint density at radius 2 is 2.16 bits per heavy atom. The van der Waals surface area contributed by atoms with Crippen molar-refractivity contribution < 1.29 is 9.15 Å². The molecule has 0 amide bonds. The molecule has 1 aliphatic heterocycles. The topological polar surface area (TPSA) is 64.3 Å². The largest absolute Gasteiger partial charge is 0.496 e. The fourth-order valence-electron chi connectivity index (χ4n) is 3.35. The minimum Gasteiger partial charge on any atom is -0.496 e. The van der Waals surface area contributed by atoms with E-state index < -0.39 is 0 Å². The van der Waals surface area contributed by atoms with Crippen LogP contribution in [0.5, 0.6) is 5.75 Å². The van der Waals surface area contributed by atoms with Crippen LogP contribution in [0, 0.1) is 0 Å². The third-order valence-electron chi connectivity index (χ3n) is 4.53. The number of hydrogen-bond donors (Lipinski definition) is 0. The van der Waals surface area contributed by atoms with Crippen LogP contribution in [0.1, 0.15) is 36.1 Å². The summed E-state index contributed by atoms with van der Waals surface area (Å²) in [6.45, 7) is 0.950. The summed E-state index contributed by atoms with van der Waals surface area (Å²) in [7, 11) is 1.68. The number of methoxy groups -OCH3 is 1. The van der Waals surface area contributed by atoms with Crippen molar-refractivity contribution >= 4 is 5.82 Å². The number of ether oxygens (including phenoxy) is 1. The van der Waals surface area contributed by atoms with Gasteiger partial charge in [0.2, 0.25) is 5.89 Å². The molecule has 3 heterocycles. The van der Waals surface area contributed by atoms with Crippen LogP contribution in [0.25, 0.3) is 0 Å². The fraction of sp³-hybridized carbons (Fsp3) is 0.316. The second-order valence-corrected chi connectivity index (χ2v) is 6.07. The number of hydrogen-bond acceptors (Lipinski definition) is 6. The molecule has 4 rings (SSSR count). The van der Waals surface area contributed by atoms with Gasteiger partial charge in [-0.3, -0.25) is 0 Å². The van der Waals surface area contributed by atoms with Crippen molar-refractivity contribution in [3.63, 3.8) is 0 Å². The summed E-state index contributed by atoms with van der Waals surface area (Å²) in [6, 6.07) is 10.0. The Bertz CT molecular complexity index is 834. The van der Waals surface area contributed by atoms with E-state index in [-0.39, 0.29) is 6.04 Å². The van der Waals surface area contributed by atoms with Gasteiger partial charge >= 0.3 is 0 Å². The molecule has 3 aromatic rings. The van der Waals surface area contributed by atoms with Gasteiger partial charge in [0.05, 0.1) is 13.3 Å². The van der Waals surface area contributed by atoms with E-state index in [1.165, 1.54) is 0 Å². The third-order valence-corrected chi connectivity index (χ3v) is 4.53. The van der Waals surface area contributed by atoms with E-state index in [0.29, 0.717) is 6.42 Å². The Balaban J connectivity index is 1.55. The van der Waals surface area contributed by atoms with E-state index in [2.05, 4.69) is 19.9 Å². The SMILES string of the molecule is COc1ccccc1Cc1cnc(C2CCCN2c2ccncn2)o1. The smallest absolute Gasteiger partial charge is 0.217 e. The van der Waals surface area contributed by atoms with E-state index in [4.69, 9.17) is 9.15 Å². The maximum absolute atomic E-state index is 6.07. The standard InChI is InChI=1S/C19H20N4O2/c1-24-17-7-3-2-5-14(17)11-15-12-21-19(25-15)16-6-4-10-23(16)18-8-9-20-13-22-18/h2-3,5,7-9,12-13,16H,4,6,10-11H2,1H3. The molecule has 0 aliphatic carbocycles. The van der Waals surface area contributed by atoms with Gasteiger partial charge in [-0.2, -0.15) is 0 Å². The average molecular weight is 336 g/mol. The minimum absolute atomic E-state index is 0.126. The van der Waals surface area contributed by atoms with Crippen LogP contribution < -0.4 is 9.64 Å². The first-order chi connectivity index (χ1) is 12.3. The van der Waals surface area contributed by atoms with Crippen molar-refractivity contribution in [3.05, 3.63) is 66.3 Å². The quantitative estimate of drug-likeness (QED) is 0.711. The number of rotatable bonds is 5. The molecule has 0 N–H and O–H groups in total. The van der Waals surface area contributed by atoms with Crippen molar-refractivity contribution in [2.75, 3.05) is 18.6 Å². The summed E-state index contributed by atoms with van der Waals surface area (Å²) in [5.74, 6) is 3.38. The summed E-state index contributed by atoms with van der Waals surface area (Å²) >= 11 is 0. The second kappa shape index (κ2) is 6.93. The molecule has 1 fully saturated rings. The zero-order chi connectivity index (χ0) is 17.1. The predicted octanol–water partition coefficient (Wildman–Crippen LogP) is 3.41. The number of para-hydroxylation sites is 1. The molecule has 0 radical (unpaired) electrons. The summed E-state index contributed by atoms with van der Waals surface area (Å²) in [6.07, 6.45) is 7.93. The van der Waals surface area contributed by atoms with Gasteiger partial charge in [-0.15, -0.1) is 0 Å². The van der Waals surface area contributed by atoms with Gasteiger partial charge in [-0.1, -0.05) is 18.2 Å². The maximum atomic E-state index is 6.07. The van der Waals surface area contributed by atoms with Gasteiger partial charge in [-0.25, -0.2) is 15.0 Å². The lowest BCUT2D eigenvalue weighted by molar-refractivity contribution is 0.403. The lowest BCUT2D eigenvalue weighted by Gasteiger charge is -2.22. The zero-order valence-electron chi connectivity index (χ0n) is 14.1. The van der Waals surface area contributed by atoms with E-state index >= 15 is 0 Å². The van der Waals surface area contributed by atoms with Crippen LogP contribution >= 0.6 is 0 Å². The number of oxazole rings is 1. The molecular weight excluding hydrogens is 316 g/mol. The van der Waals surface area contributed by atoms with Crippen LogP contribution in [0.4, 0.5) is 5.82 Å². The van der Waals surface area contributed by atoms with E-state index in [1.54, 1.807) is 19.6 Å². The average Bonchev–Trinajstić information content (AvgIpc) is 3.32. The van der Waals surface area contributed by atoms with E-state index in [9.17, 15) is 0 Å². The van der Waals surface area contributed by atoms with Gasteiger partial charge in [0.1, 0.15) is 29.7 Å². The molecule has 1 atom stereocenters. The third kappa shape index (κ3) is 3.20. The van der Waals surface area contributed by atoms with Crippen LogP contribution in [-0.2, 0) is 6.42 Å². The Labute approximate surface area is 146 Å². The molecule has 1 aromatic carbocycles. The molecule has 25 heavy (non-hydrogen) atoms.